The van der Waals surface area contributed by atoms with Crippen LogP contribution in [-0.4, -0.2) is 43.8 Å². The molecule has 0 spiro atoms. The number of amides is 2. The molecule has 0 unspecified atom stereocenters. The molecule has 1 atom stereocenters. The molecule has 7 nitrogen and oxygen atoms in total. The molecule has 0 aliphatic heterocycles. The average molecular weight is 596 g/mol. The van der Waals surface area contributed by atoms with Crippen molar-refractivity contribution in [2.24, 2.45) is 0 Å². The fourth-order valence-corrected chi connectivity index (χ4v) is 6.87. The Kier molecular flexibility index (Phi) is 10.5. The van der Waals surface area contributed by atoms with Gasteiger partial charge in [-0.15, -0.1) is 0 Å². The Morgan fingerprint density at radius 3 is 2.17 bits per heavy atom. The van der Waals surface area contributed by atoms with Gasteiger partial charge in [-0.05, 0) is 67.1 Å². The van der Waals surface area contributed by atoms with Crippen molar-refractivity contribution in [1.82, 2.24) is 10.2 Å². The fourth-order valence-electron chi connectivity index (χ4n) is 5.24. The molecule has 4 rings (SSSR count). The van der Waals surface area contributed by atoms with Gasteiger partial charge in [-0.3, -0.25) is 13.9 Å². The molecule has 218 valence electrons. The van der Waals surface area contributed by atoms with Gasteiger partial charge in [-0.25, -0.2) is 8.42 Å². The van der Waals surface area contributed by atoms with Crippen molar-refractivity contribution in [2.45, 2.75) is 75.9 Å². The molecule has 0 bridgehead atoms. The zero-order valence-electron chi connectivity index (χ0n) is 23.6. The van der Waals surface area contributed by atoms with E-state index in [-0.39, 0.29) is 23.4 Å². The van der Waals surface area contributed by atoms with Gasteiger partial charge >= 0.3 is 0 Å². The zero-order chi connectivity index (χ0) is 29.4. The van der Waals surface area contributed by atoms with Gasteiger partial charge in [0.25, 0.3) is 10.0 Å². The number of hydrogen-bond donors (Lipinski definition) is 1. The van der Waals surface area contributed by atoms with Gasteiger partial charge in [0.2, 0.25) is 11.8 Å². The van der Waals surface area contributed by atoms with Crippen LogP contribution in [0.4, 0.5) is 5.69 Å². The Hall–Kier alpha value is -3.36. The van der Waals surface area contributed by atoms with Crippen LogP contribution in [0.3, 0.4) is 0 Å². The number of carbonyl (C=O) groups excluding carboxylic acids is 2. The number of benzene rings is 3. The summed E-state index contributed by atoms with van der Waals surface area (Å²) >= 11 is 6.48. The monoisotopic (exact) mass is 595 g/mol. The van der Waals surface area contributed by atoms with Crippen molar-refractivity contribution < 1.29 is 18.0 Å². The summed E-state index contributed by atoms with van der Waals surface area (Å²) in [6.07, 6.45) is 5.12. The van der Waals surface area contributed by atoms with Crippen LogP contribution in [0.5, 0.6) is 0 Å². The Morgan fingerprint density at radius 1 is 0.927 bits per heavy atom. The molecule has 3 aromatic rings. The SMILES string of the molecule is CCc1ccc(N(CC(=O)N(Cc2ccccc2Cl)[C@H](CC)C(=O)NC2CCCC2)S(=O)(=O)c2ccccc2)cc1. The second-order valence-electron chi connectivity index (χ2n) is 10.4. The van der Waals surface area contributed by atoms with Crippen molar-refractivity contribution in [1.29, 1.82) is 0 Å². The molecule has 1 fully saturated rings. The standard InChI is InChI=1S/C32H38ClN3O4S/c1-3-24-18-20-27(21-19-24)36(41(39,40)28-15-6-5-7-16-28)23-31(37)35(22-25-12-8-11-17-29(25)33)30(4-2)32(38)34-26-13-9-10-14-26/h5-8,11-12,15-21,26,30H,3-4,9-10,13-14,22-23H2,1-2H3,(H,34,38)/t30-/m1/s1. The minimum absolute atomic E-state index is 0.0725. The normalized spacial score (nSPS) is 14.4. The van der Waals surface area contributed by atoms with Gasteiger partial charge < -0.3 is 10.2 Å². The Labute approximate surface area is 248 Å². The summed E-state index contributed by atoms with van der Waals surface area (Å²) in [5, 5.41) is 3.59. The molecular formula is C32H38ClN3O4S. The van der Waals surface area contributed by atoms with E-state index in [4.69, 9.17) is 11.6 Å². The molecule has 9 heteroatoms. The quantitative estimate of drug-likeness (QED) is 0.280. The highest BCUT2D eigenvalue weighted by Crippen LogP contribution is 2.26. The van der Waals surface area contributed by atoms with Crippen LogP contribution in [0.2, 0.25) is 5.02 Å². The zero-order valence-corrected chi connectivity index (χ0v) is 25.2. The fraction of sp³-hybridized carbons (Fsp3) is 0.375. The Morgan fingerprint density at radius 2 is 1.56 bits per heavy atom. The van der Waals surface area contributed by atoms with Crippen LogP contribution in [0, 0.1) is 0 Å². The average Bonchev–Trinajstić information content (AvgIpc) is 3.50. The summed E-state index contributed by atoms with van der Waals surface area (Å²) < 4.78 is 29.0. The summed E-state index contributed by atoms with van der Waals surface area (Å²) in [5.74, 6) is -0.720. The number of carbonyl (C=O) groups is 2. The number of rotatable bonds is 12. The maximum absolute atomic E-state index is 14.2. The number of aryl methyl sites for hydroxylation is 1. The smallest absolute Gasteiger partial charge is 0.264 e. The second-order valence-corrected chi connectivity index (χ2v) is 12.6. The van der Waals surface area contributed by atoms with Crippen LogP contribution in [-0.2, 0) is 32.6 Å². The highest BCUT2D eigenvalue weighted by molar-refractivity contribution is 7.92. The number of nitrogens with one attached hydrogen (secondary N) is 1. The molecular weight excluding hydrogens is 558 g/mol. The summed E-state index contributed by atoms with van der Waals surface area (Å²) in [4.78, 5) is 29.3. The first kappa shape index (κ1) is 30.6. The first-order valence-electron chi connectivity index (χ1n) is 14.2. The van der Waals surface area contributed by atoms with E-state index in [1.165, 1.54) is 17.0 Å². The first-order valence-corrected chi connectivity index (χ1v) is 16.1. The van der Waals surface area contributed by atoms with E-state index in [0.717, 1.165) is 42.0 Å². The lowest BCUT2D eigenvalue weighted by atomic mass is 10.1. The summed E-state index contributed by atoms with van der Waals surface area (Å²) in [7, 11) is -4.10. The topological polar surface area (TPSA) is 86.8 Å². The van der Waals surface area contributed by atoms with Gasteiger partial charge in [-0.2, -0.15) is 0 Å². The van der Waals surface area contributed by atoms with Gasteiger partial charge in [0, 0.05) is 17.6 Å². The maximum Gasteiger partial charge on any atom is 0.264 e. The highest BCUT2D eigenvalue weighted by atomic mass is 35.5. The number of nitrogens with zero attached hydrogens (tertiary/aromatic N) is 2. The number of hydrogen-bond acceptors (Lipinski definition) is 4. The minimum Gasteiger partial charge on any atom is -0.352 e. The Balaban J connectivity index is 1.71. The summed E-state index contributed by atoms with van der Waals surface area (Å²) in [6.45, 7) is 3.47. The van der Waals surface area contributed by atoms with Crippen molar-refractivity contribution in [3.63, 3.8) is 0 Å². The van der Waals surface area contributed by atoms with Crippen molar-refractivity contribution in [3.05, 3.63) is 95.0 Å². The third-order valence-electron chi connectivity index (χ3n) is 7.63. The molecule has 0 saturated heterocycles. The van der Waals surface area contributed by atoms with E-state index < -0.39 is 28.5 Å². The van der Waals surface area contributed by atoms with E-state index in [0.29, 0.717) is 22.7 Å². The number of halogens is 1. The van der Waals surface area contributed by atoms with Gasteiger partial charge in [0.1, 0.15) is 12.6 Å². The van der Waals surface area contributed by atoms with E-state index >= 15 is 0 Å². The molecule has 0 aromatic heterocycles. The minimum atomic E-state index is -4.10. The maximum atomic E-state index is 14.2. The molecule has 0 radical (unpaired) electrons. The molecule has 41 heavy (non-hydrogen) atoms. The second kappa shape index (κ2) is 14.0. The first-order chi connectivity index (χ1) is 19.7. The van der Waals surface area contributed by atoms with E-state index in [1.807, 2.05) is 38.1 Å². The van der Waals surface area contributed by atoms with Gasteiger partial charge in [0.15, 0.2) is 0 Å². The van der Waals surface area contributed by atoms with E-state index in [1.54, 1.807) is 42.5 Å². The molecule has 1 aliphatic carbocycles. The van der Waals surface area contributed by atoms with E-state index in [2.05, 4.69) is 5.32 Å². The lowest BCUT2D eigenvalue weighted by molar-refractivity contribution is -0.140. The third-order valence-corrected chi connectivity index (χ3v) is 9.79. The van der Waals surface area contributed by atoms with Crippen LogP contribution >= 0.6 is 11.6 Å². The Bertz CT molecular complexity index is 1420. The molecule has 2 amide bonds. The summed E-state index contributed by atoms with van der Waals surface area (Å²) in [5.41, 5.74) is 2.10. The largest absolute Gasteiger partial charge is 0.352 e. The van der Waals surface area contributed by atoms with Crippen LogP contribution < -0.4 is 9.62 Å². The van der Waals surface area contributed by atoms with Crippen LogP contribution in [0.15, 0.2) is 83.8 Å². The van der Waals surface area contributed by atoms with Crippen LogP contribution in [0.1, 0.15) is 57.1 Å². The molecule has 1 N–H and O–H groups in total. The van der Waals surface area contributed by atoms with E-state index in [9.17, 15) is 18.0 Å². The lowest BCUT2D eigenvalue weighted by Gasteiger charge is -2.34. The predicted octanol–water partition coefficient (Wildman–Crippen LogP) is 5.96. The predicted molar refractivity (Wildman–Crippen MR) is 163 cm³/mol. The molecule has 1 aliphatic rings. The van der Waals surface area contributed by atoms with Crippen molar-refractivity contribution >= 4 is 39.1 Å². The van der Waals surface area contributed by atoms with Crippen LogP contribution in [0.25, 0.3) is 0 Å². The number of sulfonamides is 1. The van der Waals surface area contributed by atoms with Gasteiger partial charge in [-0.1, -0.05) is 86.8 Å². The molecule has 0 heterocycles. The third kappa shape index (κ3) is 7.49. The highest BCUT2D eigenvalue weighted by Gasteiger charge is 2.34. The van der Waals surface area contributed by atoms with Crippen molar-refractivity contribution in [2.75, 3.05) is 10.8 Å². The number of anilines is 1. The molecule has 3 aromatic carbocycles. The van der Waals surface area contributed by atoms with Crippen molar-refractivity contribution in [3.8, 4) is 0 Å². The summed E-state index contributed by atoms with van der Waals surface area (Å²) in [6, 6.07) is 21.7. The van der Waals surface area contributed by atoms with Gasteiger partial charge in [0.05, 0.1) is 10.6 Å². The lowest BCUT2D eigenvalue weighted by Crippen LogP contribution is -2.53. The molecule has 1 saturated carbocycles.